The second-order valence-corrected chi connectivity index (χ2v) is 6.64. The summed E-state index contributed by atoms with van der Waals surface area (Å²) in [6.07, 6.45) is 2.19. The lowest BCUT2D eigenvalue weighted by molar-refractivity contribution is 0.567. The van der Waals surface area contributed by atoms with Gasteiger partial charge in [-0.2, -0.15) is 0 Å². The number of aryl methyl sites for hydroxylation is 1. The van der Waals surface area contributed by atoms with Crippen molar-refractivity contribution in [3.63, 3.8) is 0 Å². The van der Waals surface area contributed by atoms with Crippen molar-refractivity contribution < 1.29 is 8.42 Å². The van der Waals surface area contributed by atoms with Gasteiger partial charge in [-0.3, -0.25) is 4.79 Å². The van der Waals surface area contributed by atoms with Crippen LogP contribution in [0.1, 0.15) is 6.42 Å². The molecule has 0 fully saturated rings. The summed E-state index contributed by atoms with van der Waals surface area (Å²) in [5, 5.41) is 0.369. The maximum Gasteiger partial charge on any atom is 0.250 e. The fourth-order valence-electron chi connectivity index (χ4n) is 1.82. The molecule has 0 bridgehead atoms. The third kappa shape index (κ3) is 4.42. The van der Waals surface area contributed by atoms with Gasteiger partial charge in [0.2, 0.25) is 15.6 Å². The maximum atomic E-state index is 12.0. The Balaban J connectivity index is 1.91. The minimum atomic E-state index is -3.57. The number of hydrogen-bond donors (Lipinski definition) is 1. The topological polar surface area (TPSA) is 68.2 Å². The summed E-state index contributed by atoms with van der Waals surface area (Å²) < 4.78 is 28.1. The Labute approximate surface area is 128 Å². The predicted molar refractivity (Wildman–Crippen MR) is 82.0 cm³/mol. The predicted octanol–water partition coefficient (Wildman–Crippen LogP) is 1.87. The van der Waals surface area contributed by atoms with Gasteiger partial charge in [0, 0.05) is 30.4 Å². The van der Waals surface area contributed by atoms with Crippen molar-refractivity contribution in [2.24, 2.45) is 0 Å². The van der Waals surface area contributed by atoms with Gasteiger partial charge < -0.3 is 4.57 Å². The molecule has 1 heterocycles. The van der Waals surface area contributed by atoms with E-state index in [0.29, 0.717) is 18.0 Å². The van der Waals surface area contributed by atoms with Gasteiger partial charge in [-0.05, 0) is 30.7 Å². The first-order valence-corrected chi connectivity index (χ1v) is 8.26. The molecule has 1 aromatic heterocycles. The molecule has 0 radical (unpaired) electrons. The standard InChI is InChI=1S/C14H15ClN2O3S/c15-12-5-3-6-13(11-12)21(19,20)16-8-4-10-17-9-2-1-7-14(17)18/h1-3,5-7,9,11,16H,4,8,10H2. The van der Waals surface area contributed by atoms with Crippen LogP contribution >= 0.6 is 11.6 Å². The monoisotopic (exact) mass is 326 g/mol. The Bertz CT molecular complexity index is 772. The largest absolute Gasteiger partial charge is 0.315 e. The molecule has 1 N–H and O–H groups in total. The summed E-state index contributed by atoms with van der Waals surface area (Å²) in [6, 6.07) is 11.0. The van der Waals surface area contributed by atoms with Crippen LogP contribution in [0.15, 0.2) is 58.4 Å². The van der Waals surface area contributed by atoms with E-state index in [-0.39, 0.29) is 17.0 Å². The van der Waals surface area contributed by atoms with Gasteiger partial charge in [0.05, 0.1) is 4.90 Å². The molecule has 5 nitrogen and oxygen atoms in total. The Kier molecular flexibility index (Phi) is 5.17. The lowest BCUT2D eigenvalue weighted by Gasteiger charge is -2.08. The van der Waals surface area contributed by atoms with E-state index >= 15 is 0 Å². The normalized spacial score (nSPS) is 11.5. The smallest absolute Gasteiger partial charge is 0.250 e. The number of sulfonamides is 1. The summed E-state index contributed by atoms with van der Waals surface area (Å²) in [5.41, 5.74) is -0.102. The number of pyridine rings is 1. The lowest BCUT2D eigenvalue weighted by Crippen LogP contribution is -2.27. The fourth-order valence-corrected chi connectivity index (χ4v) is 3.19. The maximum absolute atomic E-state index is 12.0. The second-order valence-electron chi connectivity index (χ2n) is 4.44. The van der Waals surface area contributed by atoms with Crippen LogP contribution in [-0.4, -0.2) is 19.5 Å². The van der Waals surface area contributed by atoms with Crippen LogP contribution in [0.5, 0.6) is 0 Å². The van der Waals surface area contributed by atoms with E-state index in [2.05, 4.69) is 4.72 Å². The van der Waals surface area contributed by atoms with Gasteiger partial charge >= 0.3 is 0 Å². The number of hydrogen-bond acceptors (Lipinski definition) is 3. The molecule has 0 aliphatic heterocycles. The zero-order valence-electron chi connectivity index (χ0n) is 11.2. The Morgan fingerprint density at radius 3 is 2.67 bits per heavy atom. The van der Waals surface area contributed by atoms with E-state index < -0.39 is 10.0 Å². The average molecular weight is 327 g/mol. The van der Waals surface area contributed by atoms with Crippen LogP contribution in [0.25, 0.3) is 0 Å². The van der Waals surface area contributed by atoms with Gasteiger partial charge in [-0.1, -0.05) is 23.7 Å². The van der Waals surface area contributed by atoms with E-state index in [1.165, 1.54) is 22.8 Å². The molecular formula is C14H15ClN2O3S. The highest BCUT2D eigenvalue weighted by Gasteiger charge is 2.13. The van der Waals surface area contributed by atoms with Crippen molar-refractivity contribution in [2.45, 2.75) is 17.9 Å². The zero-order valence-corrected chi connectivity index (χ0v) is 12.8. The molecular weight excluding hydrogens is 312 g/mol. The Morgan fingerprint density at radius 1 is 1.14 bits per heavy atom. The van der Waals surface area contributed by atoms with Crippen LogP contribution in [0.3, 0.4) is 0 Å². The molecule has 0 saturated carbocycles. The molecule has 0 aliphatic carbocycles. The summed E-state index contributed by atoms with van der Waals surface area (Å²) in [4.78, 5) is 11.6. The molecule has 1 aromatic carbocycles. The summed E-state index contributed by atoms with van der Waals surface area (Å²) in [6.45, 7) is 0.702. The average Bonchev–Trinajstić information content (AvgIpc) is 2.45. The number of nitrogens with one attached hydrogen (secondary N) is 1. The van der Waals surface area contributed by atoms with Crippen molar-refractivity contribution in [1.82, 2.24) is 9.29 Å². The number of aromatic nitrogens is 1. The molecule has 0 spiro atoms. The van der Waals surface area contributed by atoms with Gasteiger partial charge in [-0.15, -0.1) is 0 Å². The number of halogens is 1. The van der Waals surface area contributed by atoms with Crippen molar-refractivity contribution in [3.05, 3.63) is 64.0 Å². The molecule has 7 heteroatoms. The van der Waals surface area contributed by atoms with Gasteiger partial charge in [0.15, 0.2) is 0 Å². The van der Waals surface area contributed by atoms with Crippen molar-refractivity contribution in [2.75, 3.05) is 6.54 Å². The van der Waals surface area contributed by atoms with Crippen LogP contribution in [0.2, 0.25) is 5.02 Å². The Hall–Kier alpha value is -1.63. The van der Waals surface area contributed by atoms with Gasteiger partial charge in [-0.25, -0.2) is 13.1 Å². The summed E-state index contributed by atoms with van der Waals surface area (Å²) >= 11 is 5.78. The lowest BCUT2D eigenvalue weighted by atomic mass is 10.4. The molecule has 2 aromatic rings. The first-order valence-electron chi connectivity index (χ1n) is 6.40. The summed E-state index contributed by atoms with van der Waals surface area (Å²) in [5.74, 6) is 0. The minimum Gasteiger partial charge on any atom is -0.315 e. The molecule has 0 amide bonds. The SMILES string of the molecule is O=c1ccccn1CCCNS(=O)(=O)c1cccc(Cl)c1. The molecule has 21 heavy (non-hydrogen) atoms. The van der Waals surface area contributed by atoms with Crippen molar-refractivity contribution in [3.8, 4) is 0 Å². The number of rotatable bonds is 6. The van der Waals surface area contributed by atoms with Gasteiger partial charge in [0.1, 0.15) is 0 Å². The van der Waals surface area contributed by atoms with E-state index in [4.69, 9.17) is 11.6 Å². The molecule has 0 aliphatic rings. The quantitative estimate of drug-likeness (QED) is 0.824. The highest BCUT2D eigenvalue weighted by Crippen LogP contribution is 2.14. The first-order chi connectivity index (χ1) is 9.99. The van der Waals surface area contributed by atoms with Gasteiger partial charge in [0.25, 0.3) is 0 Å². The van der Waals surface area contributed by atoms with Crippen LogP contribution in [0, 0.1) is 0 Å². The molecule has 0 atom stereocenters. The van der Waals surface area contributed by atoms with E-state index in [9.17, 15) is 13.2 Å². The van der Waals surface area contributed by atoms with E-state index in [1.54, 1.807) is 30.5 Å². The highest BCUT2D eigenvalue weighted by molar-refractivity contribution is 7.89. The summed E-state index contributed by atoms with van der Waals surface area (Å²) in [7, 11) is -3.57. The van der Waals surface area contributed by atoms with Crippen molar-refractivity contribution >= 4 is 21.6 Å². The third-order valence-corrected chi connectivity index (χ3v) is 4.57. The number of nitrogens with zero attached hydrogens (tertiary/aromatic N) is 1. The van der Waals surface area contributed by atoms with E-state index in [0.717, 1.165) is 0 Å². The zero-order chi connectivity index (χ0) is 15.3. The number of benzene rings is 1. The fraction of sp³-hybridized carbons (Fsp3) is 0.214. The molecule has 0 unspecified atom stereocenters. The Morgan fingerprint density at radius 2 is 1.95 bits per heavy atom. The van der Waals surface area contributed by atoms with Crippen LogP contribution < -0.4 is 10.3 Å². The molecule has 0 saturated heterocycles. The first kappa shape index (κ1) is 15.8. The van der Waals surface area contributed by atoms with Crippen LogP contribution in [-0.2, 0) is 16.6 Å². The molecule has 112 valence electrons. The minimum absolute atomic E-state index is 0.102. The molecule has 2 rings (SSSR count). The third-order valence-electron chi connectivity index (χ3n) is 2.87. The van der Waals surface area contributed by atoms with E-state index in [1.807, 2.05) is 0 Å². The second kappa shape index (κ2) is 6.89. The van der Waals surface area contributed by atoms with Crippen LogP contribution in [0.4, 0.5) is 0 Å². The highest BCUT2D eigenvalue weighted by atomic mass is 35.5. The van der Waals surface area contributed by atoms with Crippen molar-refractivity contribution in [1.29, 1.82) is 0 Å².